The molecule has 0 aliphatic carbocycles. The van der Waals surface area contributed by atoms with E-state index >= 15 is 0 Å². The maximum absolute atomic E-state index is 8.79. The highest BCUT2D eigenvalue weighted by molar-refractivity contribution is 5.53. The maximum Gasteiger partial charge on any atom is 0.0988 e. The molecule has 30 heavy (non-hydrogen) atoms. The number of hydrogen-bond donors (Lipinski definition) is 0. The number of piperazine rings is 1. The van der Waals surface area contributed by atoms with Gasteiger partial charge in [-0.1, -0.05) is 31.4 Å². The predicted octanol–water partition coefficient (Wildman–Crippen LogP) is 4.74. The number of allylic oxidation sites excluding steroid dienone is 4. The fourth-order valence-electron chi connectivity index (χ4n) is 2.81. The molecule has 0 aromatic carbocycles. The highest BCUT2D eigenvalue weighted by Crippen LogP contribution is 2.13. The molecule has 0 spiro atoms. The second-order valence-corrected chi connectivity index (χ2v) is 6.82. The van der Waals surface area contributed by atoms with Crippen molar-refractivity contribution >= 4 is 0 Å². The van der Waals surface area contributed by atoms with Crippen LogP contribution in [0.1, 0.15) is 12.5 Å². The molecule has 0 radical (unpaired) electrons. The standard InChI is InChI=1S/C14H19N3.C11H10N2/c1-4-14(12-15)7-6-13(3)17-10-8-16(5-2)9-11-17;1-9-5-6-11(13-8-9)10-4-2-3-7-12-10/h4-7H,2-3,8-11H2,1H3;2-8H,1H3/b7-6-,14-4+;. The Morgan fingerprint density at radius 1 is 1.07 bits per heavy atom. The zero-order valence-electron chi connectivity index (χ0n) is 17.8. The fraction of sp³-hybridized carbons (Fsp3) is 0.240. The first kappa shape index (κ1) is 22.6. The molecule has 2 aromatic rings. The Morgan fingerprint density at radius 2 is 1.80 bits per heavy atom. The predicted molar refractivity (Wildman–Crippen MR) is 123 cm³/mol. The summed E-state index contributed by atoms with van der Waals surface area (Å²) in [5.74, 6) is 0. The van der Waals surface area contributed by atoms with E-state index in [2.05, 4.69) is 39.0 Å². The van der Waals surface area contributed by atoms with Gasteiger partial charge in [-0.2, -0.15) is 5.26 Å². The average Bonchev–Trinajstić information content (AvgIpc) is 2.81. The minimum Gasteiger partial charge on any atom is -0.374 e. The van der Waals surface area contributed by atoms with Gasteiger partial charge in [0.1, 0.15) is 0 Å². The molecular weight excluding hydrogens is 370 g/mol. The van der Waals surface area contributed by atoms with E-state index in [0.717, 1.165) is 43.3 Å². The summed E-state index contributed by atoms with van der Waals surface area (Å²) in [6.45, 7) is 15.5. The van der Waals surface area contributed by atoms with Crippen LogP contribution in [-0.2, 0) is 0 Å². The lowest BCUT2D eigenvalue weighted by atomic mass is 10.2. The zero-order valence-corrected chi connectivity index (χ0v) is 17.8. The topological polar surface area (TPSA) is 56.0 Å². The van der Waals surface area contributed by atoms with E-state index in [-0.39, 0.29) is 0 Å². The Hall–Kier alpha value is -3.65. The molecule has 3 rings (SSSR count). The lowest BCUT2D eigenvalue weighted by Gasteiger charge is -2.35. The number of hydrogen-bond acceptors (Lipinski definition) is 5. The van der Waals surface area contributed by atoms with Crippen molar-refractivity contribution in [3.05, 3.63) is 97.1 Å². The number of aromatic nitrogens is 2. The van der Waals surface area contributed by atoms with Crippen molar-refractivity contribution in [3.63, 3.8) is 0 Å². The van der Waals surface area contributed by atoms with Crippen LogP contribution in [0.2, 0.25) is 0 Å². The third kappa shape index (κ3) is 7.06. The van der Waals surface area contributed by atoms with Gasteiger partial charge in [0.05, 0.1) is 17.5 Å². The van der Waals surface area contributed by atoms with Crippen LogP contribution in [0.15, 0.2) is 91.6 Å². The zero-order chi connectivity index (χ0) is 21.8. The van der Waals surface area contributed by atoms with E-state index < -0.39 is 0 Å². The van der Waals surface area contributed by atoms with Crippen molar-refractivity contribution in [1.29, 1.82) is 5.26 Å². The summed E-state index contributed by atoms with van der Waals surface area (Å²) in [6, 6.07) is 12.0. The van der Waals surface area contributed by atoms with Gasteiger partial charge in [0.15, 0.2) is 0 Å². The van der Waals surface area contributed by atoms with Gasteiger partial charge in [-0.3, -0.25) is 9.97 Å². The molecule has 0 amide bonds. The van der Waals surface area contributed by atoms with E-state index in [1.165, 1.54) is 5.56 Å². The SMILES string of the molecule is C=CN1CCN(C(=C)/C=C\C(C#N)=C/C)CC1.Cc1ccc(-c2ccccn2)nc1. The summed E-state index contributed by atoms with van der Waals surface area (Å²) in [7, 11) is 0. The van der Waals surface area contributed by atoms with E-state index in [0.29, 0.717) is 5.57 Å². The van der Waals surface area contributed by atoms with Gasteiger partial charge in [-0.25, -0.2) is 0 Å². The molecule has 2 aromatic heterocycles. The Balaban J connectivity index is 0.000000220. The molecule has 1 aliphatic heterocycles. The molecule has 0 bridgehead atoms. The van der Waals surface area contributed by atoms with Crippen LogP contribution in [0, 0.1) is 18.3 Å². The number of nitriles is 1. The molecule has 3 heterocycles. The summed E-state index contributed by atoms with van der Waals surface area (Å²) in [5, 5.41) is 8.79. The number of rotatable bonds is 5. The summed E-state index contributed by atoms with van der Waals surface area (Å²) >= 11 is 0. The lowest BCUT2D eigenvalue weighted by Crippen LogP contribution is -2.42. The number of aryl methyl sites for hydroxylation is 1. The lowest BCUT2D eigenvalue weighted by molar-refractivity contribution is 0.210. The molecule has 0 unspecified atom stereocenters. The first-order valence-electron chi connectivity index (χ1n) is 9.96. The van der Waals surface area contributed by atoms with Crippen molar-refractivity contribution in [2.45, 2.75) is 13.8 Å². The van der Waals surface area contributed by atoms with Gasteiger partial charge in [0.25, 0.3) is 0 Å². The van der Waals surface area contributed by atoms with Gasteiger partial charge in [0.2, 0.25) is 0 Å². The summed E-state index contributed by atoms with van der Waals surface area (Å²) in [6.07, 6.45) is 11.0. The summed E-state index contributed by atoms with van der Waals surface area (Å²) in [4.78, 5) is 12.9. The first-order valence-corrected chi connectivity index (χ1v) is 9.96. The van der Waals surface area contributed by atoms with Crippen LogP contribution in [0.4, 0.5) is 0 Å². The van der Waals surface area contributed by atoms with Gasteiger partial charge in [-0.15, -0.1) is 0 Å². The van der Waals surface area contributed by atoms with Gasteiger partial charge >= 0.3 is 0 Å². The van der Waals surface area contributed by atoms with Crippen LogP contribution in [0.25, 0.3) is 11.4 Å². The number of nitrogens with zero attached hydrogens (tertiary/aromatic N) is 5. The monoisotopic (exact) mass is 399 g/mol. The van der Waals surface area contributed by atoms with Crippen molar-refractivity contribution in [1.82, 2.24) is 19.8 Å². The van der Waals surface area contributed by atoms with Crippen molar-refractivity contribution < 1.29 is 0 Å². The van der Waals surface area contributed by atoms with Crippen molar-refractivity contribution in [3.8, 4) is 17.5 Å². The largest absolute Gasteiger partial charge is 0.374 e. The molecule has 1 aliphatic rings. The van der Waals surface area contributed by atoms with Crippen LogP contribution < -0.4 is 0 Å². The Kier molecular flexibility index (Phi) is 9.08. The Morgan fingerprint density at radius 3 is 2.33 bits per heavy atom. The van der Waals surface area contributed by atoms with Crippen molar-refractivity contribution in [2.24, 2.45) is 0 Å². The van der Waals surface area contributed by atoms with E-state index in [4.69, 9.17) is 5.26 Å². The molecule has 1 fully saturated rings. The van der Waals surface area contributed by atoms with Crippen LogP contribution >= 0.6 is 0 Å². The van der Waals surface area contributed by atoms with E-state index in [1.807, 2.05) is 68.7 Å². The molecule has 0 atom stereocenters. The average molecular weight is 400 g/mol. The molecule has 154 valence electrons. The number of pyridine rings is 2. The second kappa shape index (κ2) is 12.0. The fourth-order valence-corrected chi connectivity index (χ4v) is 2.81. The Labute approximate surface area is 180 Å². The van der Waals surface area contributed by atoms with Crippen LogP contribution in [0.3, 0.4) is 0 Å². The van der Waals surface area contributed by atoms with Crippen LogP contribution in [0.5, 0.6) is 0 Å². The molecule has 1 saturated heterocycles. The molecule has 0 N–H and O–H groups in total. The summed E-state index contributed by atoms with van der Waals surface area (Å²) in [5.41, 5.74) is 4.63. The summed E-state index contributed by atoms with van der Waals surface area (Å²) < 4.78 is 0. The molecule has 0 saturated carbocycles. The minimum atomic E-state index is 0.663. The van der Waals surface area contributed by atoms with E-state index in [1.54, 1.807) is 12.3 Å². The first-order chi connectivity index (χ1) is 14.6. The van der Waals surface area contributed by atoms with E-state index in [9.17, 15) is 0 Å². The molecule has 5 heteroatoms. The van der Waals surface area contributed by atoms with Crippen molar-refractivity contribution in [2.75, 3.05) is 26.2 Å². The molecule has 5 nitrogen and oxygen atoms in total. The van der Waals surface area contributed by atoms with Gasteiger partial charge in [0, 0.05) is 49.8 Å². The Bertz CT molecular complexity index is 912. The minimum absolute atomic E-state index is 0.663. The third-order valence-electron chi connectivity index (χ3n) is 4.71. The normalized spacial score (nSPS) is 14.0. The smallest absolute Gasteiger partial charge is 0.0988 e. The highest BCUT2D eigenvalue weighted by atomic mass is 15.3. The van der Waals surface area contributed by atoms with Gasteiger partial charge in [-0.05, 0) is 56.0 Å². The highest BCUT2D eigenvalue weighted by Gasteiger charge is 2.13. The maximum atomic E-state index is 8.79. The van der Waals surface area contributed by atoms with Crippen LogP contribution in [-0.4, -0.2) is 45.9 Å². The molecular formula is C25H29N5. The second-order valence-electron chi connectivity index (χ2n) is 6.82. The quantitative estimate of drug-likeness (QED) is 0.537. The third-order valence-corrected chi connectivity index (χ3v) is 4.71. The van der Waals surface area contributed by atoms with Gasteiger partial charge < -0.3 is 9.80 Å².